The van der Waals surface area contributed by atoms with Crippen LogP contribution in [0.5, 0.6) is 0 Å². The highest BCUT2D eigenvalue weighted by Gasteiger charge is 2.08. The number of nitrogens with two attached hydrogens (primary N) is 1. The van der Waals surface area contributed by atoms with E-state index in [9.17, 15) is 8.60 Å². The maximum Gasteiger partial charge on any atom is 0.124 e. The topological polar surface area (TPSA) is 43.1 Å². The van der Waals surface area contributed by atoms with E-state index in [0.717, 1.165) is 5.56 Å². The summed E-state index contributed by atoms with van der Waals surface area (Å²) in [5, 5.41) is 0. The van der Waals surface area contributed by atoms with Crippen molar-refractivity contribution in [1.82, 2.24) is 0 Å². The van der Waals surface area contributed by atoms with E-state index in [1.54, 1.807) is 6.07 Å². The van der Waals surface area contributed by atoms with Crippen LogP contribution in [0.4, 0.5) is 4.39 Å². The zero-order valence-corrected chi connectivity index (χ0v) is 10.8. The summed E-state index contributed by atoms with van der Waals surface area (Å²) >= 11 is 3.24. The van der Waals surface area contributed by atoms with Crippen molar-refractivity contribution >= 4 is 26.7 Å². The van der Waals surface area contributed by atoms with E-state index in [4.69, 9.17) is 5.73 Å². The fourth-order valence-corrected chi connectivity index (χ4v) is 3.14. The first-order valence-corrected chi connectivity index (χ1v) is 6.81. The number of hydrogen-bond acceptors (Lipinski definition) is 2. The van der Waals surface area contributed by atoms with E-state index in [-0.39, 0.29) is 11.9 Å². The summed E-state index contributed by atoms with van der Waals surface area (Å²) < 4.78 is 25.0. The molecular formula is C10H13BrFNOS. The van der Waals surface area contributed by atoms with Gasteiger partial charge in [-0.3, -0.25) is 4.21 Å². The Hall–Kier alpha value is -0.260. The monoisotopic (exact) mass is 293 g/mol. The van der Waals surface area contributed by atoms with Gasteiger partial charge >= 0.3 is 0 Å². The largest absolute Gasteiger partial charge is 0.327 e. The van der Waals surface area contributed by atoms with Crippen LogP contribution in [0.2, 0.25) is 0 Å². The Morgan fingerprint density at radius 1 is 1.60 bits per heavy atom. The van der Waals surface area contributed by atoms with Crippen LogP contribution in [0.25, 0.3) is 0 Å². The van der Waals surface area contributed by atoms with Crippen LogP contribution in [-0.2, 0) is 16.6 Å². The molecule has 5 heteroatoms. The van der Waals surface area contributed by atoms with Gasteiger partial charge in [-0.1, -0.05) is 22.0 Å². The fourth-order valence-electron chi connectivity index (χ4n) is 1.16. The van der Waals surface area contributed by atoms with Gasteiger partial charge in [0, 0.05) is 32.8 Å². The molecule has 1 aromatic carbocycles. The van der Waals surface area contributed by atoms with Gasteiger partial charge in [-0.15, -0.1) is 0 Å². The van der Waals surface area contributed by atoms with Crippen LogP contribution in [0.3, 0.4) is 0 Å². The first-order valence-electron chi connectivity index (χ1n) is 4.53. The maximum absolute atomic E-state index is 12.8. The summed E-state index contributed by atoms with van der Waals surface area (Å²) in [7, 11) is -0.995. The molecule has 1 rings (SSSR count). The number of benzene rings is 1. The minimum atomic E-state index is -0.995. The lowest BCUT2D eigenvalue weighted by atomic mass is 10.2. The molecule has 0 aliphatic heterocycles. The molecule has 0 aromatic heterocycles. The third kappa shape index (κ3) is 4.40. The highest BCUT2D eigenvalue weighted by molar-refractivity contribution is 9.10. The maximum atomic E-state index is 12.8. The molecule has 0 spiro atoms. The lowest BCUT2D eigenvalue weighted by Crippen LogP contribution is -2.23. The van der Waals surface area contributed by atoms with E-state index in [1.165, 1.54) is 12.1 Å². The number of rotatable bonds is 4. The standard InChI is InChI=1S/C10H13BrFNOS/c1-7(13)5-15(14)6-8-2-3-9(12)4-10(8)11/h2-4,7H,5-6,13H2,1H3. The van der Waals surface area contributed by atoms with Crippen molar-refractivity contribution in [3.05, 3.63) is 34.1 Å². The van der Waals surface area contributed by atoms with Gasteiger partial charge in [0.15, 0.2) is 0 Å². The molecule has 2 nitrogen and oxygen atoms in total. The molecule has 2 N–H and O–H groups in total. The van der Waals surface area contributed by atoms with Crippen LogP contribution in [0.1, 0.15) is 12.5 Å². The Morgan fingerprint density at radius 3 is 2.80 bits per heavy atom. The summed E-state index contributed by atoms with van der Waals surface area (Å²) in [6.07, 6.45) is 0. The second-order valence-electron chi connectivity index (χ2n) is 3.46. The number of halogens is 2. The summed E-state index contributed by atoms with van der Waals surface area (Å²) in [6, 6.07) is 4.30. The van der Waals surface area contributed by atoms with Crippen LogP contribution < -0.4 is 5.73 Å². The van der Waals surface area contributed by atoms with Crippen molar-refractivity contribution in [2.45, 2.75) is 18.7 Å². The van der Waals surface area contributed by atoms with Gasteiger partial charge in [-0.25, -0.2) is 4.39 Å². The van der Waals surface area contributed by atoms with Gasteiger partial charge in [0.25, 0.3) is 0 Å². The second kappa shape index (κ2) is 5.72. The molecule has 0 amide bonds. The fraction of sp³-hybridized carbons (Fsp3) is 0.400. The van der Waals surface area contributed by atoms with Gasteiger partial charge in [0.2, 0.25) is 0 Å². The Kier molecular flexibility index (Phi) is 4.89. The van der Waals surface area contributed by atoms with Gasteiger partial charge in [0.1, 0.15) is 5.82 Å². The quantitative estimate of drug-likeness (QED) is 0.925. The predicted molar refractivity (Wildman–Crippen MR) is 64.5 cm³/mol. The molecule has 1 aromatic rings. The Bertz CT molecular complexity index is 370. The molecule has 84 valence electrons. The molecule has 0 saturated heterocycles. The Labute approximate surface area is 99.6 Å². The normalized spacial score (nSPS) is 14.9. The molecule has 0 heterocycles. The molecular weight excluding hydrogens is 281 g/mol. The number of hydrogen-bond donors (Lipinski definition) is 1. The predicted octanol–water partition coefficient (Wildman–Crippen LogP) is 2.18. The molecule has 2 atom stereocenters. The van der Waals surface area contributed by atoms with Crippen LogP contribution in [0, 0.1) is 5.82 Å². The van der Waals surface area contributed by atoms with Gasteiger partial charge in [-0.2, -0.15) is 0 Å². The minimum Gasteiger partial charge on any atom is -0.327 e. The van der Waals surface area contributed by atoms with Crippen molar-refractivity contribution in [3.8, 4) is 0 Å². The first-order chi connectivity index (χ1) is 6.99. The highest BCUT2D eigenvalue weighted by Crippen LogP contribution is 2.19. The van der Waals surface area contributed by atoms with Gasteiger partial charge < -0.3 is 5.73 Å². The smallest absolute Gasteiger partial charge is 0.124 e. The molecule has 0 aliphatic carbocycles. The van der Waals surface area contributed by atoms with Crippen LogP contribution in [0.15, 0.2) is 22.7 Å². The summed E-state index contributed by atoms with van der Waals surface area (Å²) in [5.41, 5.74) is 6.39. The lowest BCUT2D eigenvalue weighted by Gasteiger charge is -2.07. The first kappa shape index (κ1) is 12.8. The molecule has 0 bridgehead atoms. The zero-order valence-electron chi connectivity index (χ0n) is 8.37. The van der Waals surface area contributed by atoms with E-state index in [2.05, 4.69) is 15.9 Å². The SMILES string of the molecule is CC(N)CS(=O)Cc1ccc(F)cc1Br. The van der Waals surface area contributed by atoms with E-state index in [0.29, 0.717) is 16.0 Å². The Morgan fingerprint density at radius 2 is 2.27 bits per heavy atom. The second-order valence-corrected chi connectivity index (χ2v) is 5.82. The summed E-state index contributed by atoms with van der Waals surface area (Å²) in [5.74, 6) is 0.565. The molecule has 0 fully saturated rings. The average molecular weight is 294 g/mol. The van der Waals surface area contributed by atoms with Gasteiger partial charge in [0.05, 0.1) is 0 Å². The lowest BCUT2D eigenvalue weighted by molar-refractivity contribution is 0.626. The third-order valence-corrected chi connectivity index (χ3v) is 4.05. The van der Waals surface area contributed by atoms with Crippen LogP contribution >= 0.6 is 15.9 Å². The van der Waals surface area contributed by atoms with Crippen molar-refractivity contribution in [1.29, 1.82) is 0 Å². The summed E-state index contributed by atoms with van der Waals surface area (Å²) in [6.45, 7) is 1.82. The zero-order chi connectivity index (χ0) is 11.4. The Balaban J connectivity index is 2.68. The average Bonchev–Trinajstić information content (AvgIpc) is 2.08. The molecule has 0 saturated carbocycles. The van der Waals surface area contributed by atoms with E-state index < -0.39 is 10.8 Å². The summed E-state index contributed by atoms with van der Waals surface area (Å²) in [4.78, 5) is 0. The van der Waals surface area contributed by atoms with Crippen molar-refractivity contribution < 1.29 is 8.60 Å². The minimum absolute atomic E-state index is 0.0787. The molecule has 0 radical (unpaired) electrons. The van der Waals surface area contributed by atoms with E-state index in [1.807, 2.05) is 6.92 Å². The van der Waals surface area contributed by atoms with Gasteiger partial charge in [-0.05, 0) is 24.6 Å². The highest BCUT2D eigenvalue weighted by atomic mass is 79.9. The molecule has 2 unspecified atom stereocenters. The molecule has 0 aliphatic rings. The van der Waals surface area contributed by atoms with Crippen molar-refractivity contribution in [2.24, 2.45) is 5.73 Å². The third-order valence-electron chi connectivity index (χ3n) is 1.78. The van der Waals surface area contributed by atoms with E-state index >= 15 is 0 Å². The van der Waals surface area contributed by atoms with Crippen molar-refractivity contribution in [2.75, 3.05) is 5.75 Å². The molecule has 15 heavy (non-hydrogen) atoms. The van der Waals surface area contributed by atoms with Crippen molar-refractivity contribution in [3.63, 3.8) is 0 Å². The van der Waals surface area contributed by atoms with Crippen LogP contribution in [-0.4, -0.2) is 16.0 Å².